The number of nitrogens with one attached hydrogen (secondary N) is 2. The summed E-state index contributed by atoms with van der Waals surface area (Å²) in [4.78, 5) is 12.2. The molecule has 0 bridgehead atoms. The molecule has 1 aromatic carbocycles. The number of hydrogen-bond donors (Lipinski definition) is 2. The van der Waals surface area contributed by atoms with Crippen molar-refractivity contribution in [3.63, 3.8) is 0 Å². The van der Waals surface area contributed by atoms with E-state index in [1.54, 1.807) is 12.1 Å². The van der Waals surface area contributed by atoms with Gasteiger partial charge >= 0.3 is 0 Å². The van der Waals surface area contributed by atoms with Crippen molar-refractivity contribution < 1.29 is 9.53 Å². The number of carbonyl (C=O) groups is 1. The molecule has 0 aliphatic heterocycles. The first-order valence-electron chi connectivity index (χ1n) is 8.03. The zero-order valence-electron chi connectivity index (χ0n) is 13.1. The van der Waals surface area contributed by atoms with Crippen LogP contribution in [0.4, 0.5) is 0 Å². The Balaban J connectivity index is 1.85. The minimum Gasteiger partial charge on any atom is -0.494 e. The molecule has 22 heavy (non-hydrogen) atoms. The van der Waals surface area contributed by atoms with Crippen LogP contribution < -0.4 is 15.4 Å². The van der Waals surface area contributed by atoms with E-state index in [1.807, 2.05) is 12.1 Å². The van der Waals surface area contributed by atoms with Gasteiger partial charge in [0.05, 0.1) is 6.61 Å². The Morgan fingerprint density at radius 1 is 1.36 bits per heavy atom. The van der Waals surface area contributed by atoms with Crippen molar-refractivity contribution in [2.24, 2.45) is 0 Å². The molecule has 0 aromatic heterocycles. The molecule has 5 heteroatoms. The largest absolute Gasteiger partial charge is 0.494 e. The van der Waals surface area contributed by atoms with Crippen molar-refractivity contribution >= 4 is 23.2 Å². The fourth-order valence-electron chi connectivity index (χ4n) is 2.53. The minimum atomic E-state index is -0.198. The van der Waals surface area contributed by atoms with Crippen LogP contribution in [0.25, 0.3) is 0 Å². The standard InChI is InChI=1S/C17H24N2O2S/c1-2-3-11-21-15-10-6-7-13(12-15)16(20)19-17(22)18-14-8-4-5-9-14/h6-7,10,12,14H,2-5,8-9,11H2,1H3,(H2,18,19,20,22). The number of amides is 1. The average molecular weight is 320 g/mol. The summed E-state index contributed by atoms with van der Waals surface area (Å²) in [7, 11) is 0. The van der Waals surface area contributed by atoms with Gasteiger partial charge in [0.2, 0.25) is 0 Å². The fraction of sp³-hybridized carbons (Fsp3) is 0.529. The molecule has 0 unspecified atom stereocenters. The first-order valence-corrected chi connectivity index (χ1v) is 8.44. The second-order valence-electron chi connectivity index (χ2n) is 5.64. The summed E-state index contributed by atoms with van der Waals surface area (Å²) in [5.41, 5.74) is 0.560. The Morgan fingerprint density at radius 2 is 2.14 bits per heavy atom. The van der Waals surface area contributed by atoms with E-state index in [-0.39, 0.29) is 5.91 Å². The third kappa shape index (κ3) is 5.30. The maximum Gasteiger partial charge on any atom is 0.257 e. The quantitative estimate of drug-likeness (QED) is 0.623. The fourth-order valence-corrected chi connectivity index (χ4v) is 2.79. The van der Waals surface area contributed by atoms with E-state index in [0.29, 0.717) is 23.3 Å². The molecule has 1 aromatic rings. The molecule has 120 valence electrons. The Kier molecular flexibility index (Phi) is 6.65. The average Bonchev–Trinajstić information content (AvgIpc) is 3.00. The van der Waals surface area contributed by atoms with E-state index in [0.717, 1.165) is 31.4 Å². The van der Waals surface area contributed by atoms with E-state index in [1.165, 1.54) is 12.8 Å². The van der Waals surface area contributed by atoms with Crippen LogP contribution in [0.3, 0.4) is 0 Å². The van der Waals surface area contributed by atoms with Gasteiger partial charge in [-0.05, 0) is 49.7 Å². The van der Waals surface area contributed by atoms with Gasteiger partial charge in [-0.1, -0.05) is 32.3 Å². The van der Waals surface area contributed by atoms with Crippen LogP contribution >= 0.6 is 12.2 Å². The van der Waals surface area contributed by atoms with Crippen LogP contribution in [-0.4, -0.2) is 23.7 Å². The summed E-state index contributed by atoms with van der Waals surface area (Å²) in [5, 5.41) is 6.36. The first-order chi connectivity index (χ1) is 10.7. The number of carbonyl (C=O) groups excluding carboxylic acids is 1. The molecule has 1 fully saturated rings. The topological polar surface area (TPSA) is 50.4 Å². The lowest BCUT2D eigenvalue weighted by atomic mass is 10.2. The summed E-state index contributed by atoms with van der Waals surface area (Å²) < 4.78 is 5.62. The number of ether oxygens (including phenoxy) is 1. The molecule has 0 saturated heterocycles. The lowest BCUT2D eigenvalue weighted by Gasteiger charge is -2.15. The summed E-state index contributed by atoms with van der Waals surface area (Å²) in [6.45, 7) is 2.79. The molecule has 1 amide bonds. The van der Waals surface area contributed by atoms with Crippen LogP contribution in [0.5, 0.6) is 5.75 Å². The van der Waals surface area contributed by atoms with E-state index in [2.05, 4.69) is 17.6 Å². The molecule has 1 aliphatic carbocycles. The Bertz CT molecular complexity index is 513. The SMILES string of the molecule is CCCCOc1cccc(C(=O)NC(=S)NC2CCCC2)c1. The lowest BCUT2D eigenvalue weighted by molar-refractivity contribution is 0.0976. The van der Waals surface area contributed by atoms with Gasteiger partial charge in [0.25, 0.3) is 5.91 Å². The van der Waals surface area contributed by atoms with E-state index >= 15 is 0 Å². The molecular weight excluding hydrogens is 296 g/mol. The number of thiocarbonyl (C=S) groups is 1. The summed E-state index contributed by atoms with van der Waals surface area (Å²) in [6.07, 6.45) is 6.79. The molecule has 0 atom stereocenters. The van der Waals surface area contributed by atoms with Crippen LogP contribution in [-0.2, 0) is 0 Å². The van der Waals surface area contributed by atoms with Gasteiger partial charge in [-0.15, -0.1) is 0 Å². The van der Waals surface area contributed by atoms with Crippen LogP contribution in [0.15, 0.2) is 24.3 Å². The molecule has 0 radical (unpaired) electrons. The molecule has 0 heterocycles. The Morgan fingerprint density at radius 3 is 2.86 bits per heavy atom. The summed E-state index contributed by atoms with van der Waals surface area (Å²) in [6, 6.07) is 7.60. The van der Waals surface area contributed by atoms with Crippen molar-refractivity contribution in [2.75, 3.05) is 6.61 Å². The monoisotopic (exact) mass is 320 g/mol. The molecule has 0 spiro atoms. The molecule has 2 rings (SSSR count). The lowest BCUT2D eigenvalue weighted by Crippen LogP contribution is -2.43. The second kappa shape index (κ2) is 8.73. The predicted octanol–water partition coefficient (Wildman–Crippen LogP) is 3.41. The number of rotatable bonds is 6. The molecule has 2 N–H and O–H groups in total. The maximum atomic E-state index is 12.2. The zero-order valence-corrected chi connectivity index (χ0v) is 13.9. The van der Waals surface area contributed by atoms with Gasteiger partial charge < -0.3 is 10.1 Å². The van der Waals surface area contributed by atoms with Gasteiger partial charge in [0.1, 0.15) is 5.75 Å². The third-order valence-electron chi connectivity index (χ3n) is 3.78. The molecule has 4 nitrogen and oxygen atoms in total. The van der Waals surface area contributed by atoms with Crippen molar-refractivity contribution in [1.29, 1.82) is 0 Å². The molecule has 1 aliphatic rings. The predicted molar refractivity (Wildman–Crippen MR) is 92.3 cm³/mol. The van der Waals surface area contributed by atoms with E-state index in [4.69, 9.17) is 17.0 Å². The van der Waals surface area contributed by atoms with E-state index in [9.17, 15) is 4.79 Å². The second-order valence-corrected chi connectivity index (χ2v) is 6.05. The van der Waals surface area contributed by atoms with Crippen LogP contribution in [0, 0.1) is 0 Å². The Hall–Kier alpha value is -1.62. The van der Waals surface area contributed by atoms with Gasteiger partial charge in [0, 0.05) is 11.6 Å². The minimum absolute atomic E-state index is 0.198. The number of benzene rings is 1. The highest BCUT2D eigenvalue weighted by Crippen LogP contribution is 2.17. The van der Waals surface area contributed by atoms with Gasteiger partial charge in [-0.3, -0.25) is 10.1 Å². The normalized spacial score (nSPS) is 14.6. The summed E-state index contributed by atoms with van der Waals surface area (Å²) in [5.74, 6) is 0.521. The number of unbranched alkanes of at least 4 members (excludes halogenated alkanes) is 1. The third-order valence-corrected chi connectivity index (χ3v) is 4.00. The highest BCUT2D eigenvalue weighted by molar-refractivity contribution is 7.80. The van der Waals surface area contributed by atoms with Gasteiger partial charge in [-0.25, -0.2) is 0 Å². The highest BCUT2D eigenvalue weighted by Gasteiger charge is 2.16. The smallest absolute Gasteiger partial charge is 0.257 e. The first kappa shape index (κ1) is 16.7. The van der Waals surface area contributed by atoms with Crippen molar-refractivity contribution in [2.45, 2.75) is 51.5 Å². The summed E-state index contributed by atoms with van der Waals surface area (Å²) >= 11 is 5.21. The zero-order chi connectivity index (χ0) is 15.8. The van der Waals surface area contributed by atoms with Crippen LogP contribution in [0.2, 0.25) is 0 Å². The molecule has 1 saturated carbocycles. The van der Waals surface area contributed by atoms with Crippen molar-refractivity contribution in [3.05, 3.63) is 29.8 Å². The van der Waals surface area contributed by atoms with Crippen molar-refractivity contribution in [3.8, 4) is 5.75 Å². The maximum absolute atomic E-state index is 12.2. The van der Waals surface area contributed by atoms with E-state index < -0.39 is 0 Å². The Labute approximate surface area is 137 Å². The van der Waals surface area contributed by atoms with Gasteiger partial charge in [0.15, 0.2) is 5.11 Å². The number of hydrogen-bond acceptors (Lipinski definition) is 3. The van der Waals surface area contributed by atoms with Crippen molar-refractivity contribution in [1.82, 2.24) is 10.6 Å². The van der Waals surface area contributed by atoms with Gasteiger partial charge in [-0.2, -0.15) is 0 Å². The highest BCUT2D eigenvalue weighted by atomic mass is 32.1. The molecular formula is C17H24N2O2S. The van der Waals surface area contributed by atoms with Crippen LogP contribution in [0.1, 0.15) is 55.8 Å².